The average molecular weight is 318 g/mol. The van der Waals surface area contributed by atoms with Crippen molar-refractivity contribution in [3.8, 4) is 0 Å². The lowest BCUT2D eigenvalue weighted by atomic mass is 9.97. The summed E-state index contributed by atoms with van der Waals surface area (Å²) in [4.78, 5) is 12.4. The number of para-hydroxylation sites is 1. The average Bonchev–Trinajstić information content (AvgIpc) is 2.96. The summed E-state index contributed by atoms with van der Waals surface area (Å²) in [5.41, 5.74) is 1.87. The van der Waals surface area contributed by atoms with E-state index in [0.29, 0.717) is 12.3 Å². The molecule has 1 aliphatic rings. The van der Waals surface area contributed by atoms with Gasteiger partial charge in [0, 0.05) is 23.7 Å². The van der Waals surface area contributed by atoms with Gasteiger partial charge in [-0.3, -0.25) is 4.79 Å². The molecule has 1 fully saturated rings. The number of carbonyl (C=O) groups is 1. The van der Waals surface area contributed by atoms with Crippen LogP contribution in [0.25, 0.3) is 0 Å². The molecule has 1 aliphatic carbocycles. The van der Waals surface area contributed by atoms with Gasteiger partial charge in [-0.05, 0) is 37.3 Å². The van der Waals surface area contributed by atoms with E-state index in [0.717, 1.165) is 36.9 Å². The molecule has 1 atom stereocenters. The minimum absolute atomic E-state index is 0.0178. The zero-order valence-electron chi connectivity index (χ0n) is 14.6. The van der Waals surface area contributed by atoms with E-state index in [1.807, 2.05) is 25.1 Å². The Balaban J connectivity index is 1.92. The maximum Gasteiger partial charge on any atom is 0.225 e. The Morgan fingerprint density at radius 2 is 1.87 bits per heavy atom. The number of hydrogen-bond donors (Lipinski definition) is 3. The van der Waals surface area contributed by atoms with Gasteiger partial charge in [0.25, 0.3) is 0 Å². The molecule has 0 aromatic heterocycles. The molecule has 0 spiro atoms. The van der Waals surface area contributed by atoms with E-state index in [2.05, 4.69) is 30.5 Å². The summed E-state index contributed by atoms with van der Waals surface area (Å²) in [6.45, 7) is 6.42. The number of amides is 1. The molecule has 0 heterocycles. The van der Waals surface area contributed by atoms with Crippen LogP contribution in [0.4, 0.5) is 5.69 Å². The lowest BCUT2D eigenvalue weighted by Gasteiger charge is -2.31. The molecule has 4 heteroatoms. The van der Waals surface area contributed by atoms with Crippen LogP contribution in [0.1, 0.15) is 64.4 Å². The van der Waals surface area contributed by atoms with Gasteiger partial charge in [0.05, 0.1) is 6.61 Å². The Labute approximate surface area is 139 Å². The van der Waals surface area contributed by atoms with Gasteiger partial charge >= 0.3 is 0 Å². The molecule has 1 amide bonds. The second-order valence-corrected chi connectivity index (χ2v) is 7.19. The van der Waals surface area contributed by atoms with Gasteiger partial charge in [0.2, 0.25) is 5.91 Å². The van der Waals surface area contributed by atoms with Crippen LogP contribution in [0.15, 0.2) is 24.3 Å². The van der Waals surface area contributed by atoms with Gasteiger partial charge in [-0.2, -0.15) is 0 Å². The molecular formula is C19H30N2O2. The van der Waals surface area contributed by atoms with Crippen molar-refractivity contribution in [2.45, 2.75) is 70.4 Å². The van der Waals surface area contributed by atoms with Gasteiger partial charge < -0.3 is 15.7 Å². The third kappa shape index (κ3) is 4.79. The van der Waals surface area contributed by atoms with E-state index in [9.17, 15) is 9.90 Å². The van der Waals surface area contributed by atoms with Crippen LogP contribution >= 0.6 is 0 Å². The van der Waals surface area contributed by atoms with E-state index in [1.54, 1.807) is 0 Å². The Kier molecular flexibility index (Phi) is 6.19. The van der Waals surface area contributed by atoms with Crippen molar-refractivity contribution in [3.05, 3.63) is 29.8 Å². The Bertz CT molecular complexity index is 522. The Morgan fingerprint density at radius 3 is 2.48 bits per heavy atom. The molecular weight excluding hydrogens is 288 g/mol. The first-order chi connectivity index (χ1) is 11.0. The molecule has 0 saturated heterocycles. The van der Waals surface area contributed by atoms with Crippen molar-refractivity contribution in [2.24, 2.45) is 0 Å². The van der Waals surface area contributed by atoms with Gasteiger partial charge in [-0.15, -0.1) is 0 Å². The van der Waals surface area contributed by atoms with E-state index >= 15 is 0 Å². The van der Waals surface area contributed by atoms with E-state index < -0.39 is 0 Å². The largest absolute Gasteiger partial charge is 0.394 e. The summed E-state index contributed by atoms with van der Waals surface area (Å²) >= 11 is 0. The van der Waals surface area contributed by atoms with Crippen LogP contribution in [0, 0.1) is 0 Å². The van der Waals surface area contributed by atoms with Crippen LogP contribution in [-0.2, 0) is 4.79 Å². The van der Waals surface area contributed by atoms with Crippen molar-refractivity contribution < 1.29 is 9.90 Å². The minimum atomic E-state index is -0.185. The smallest absolute Gasteiger partial charge is 0.225 e. The molecule has 1 aromatic carbocycles. The molecule has 0 radical (unpaired) electrons. The van der Waals surface area contributed by atoms with Crippen molar-refractivity contribution >= 4 is 11.6 Å². The standard InChI is InChI=1S/C19H30N2O2/c1-14(2)16-8-4-5-9-17(16)20-18(23)12-15(3)21-19(13-22)10-6-7-11-19/h4-5,8-9,14-15,21-22H,6-7,10-13H2,1-3H3,(H,20,23). The lowest BCUT2D eigenvalue weighted by molar-refractivity contribution is -0.116. The van der Waals surface area contributed by atoms with Crippen molar-refractivity contribution in [1.29, 1.82) is 0 Å². The molecule has 128 valence electrons. The van der Waals surface area contributed by atoms with Gasteiger partial charge in [0.1, 0.15) is 0 Å². The van der Waals surface area contributed by atoms with Crippen molar-refractivity contribution in [1.82, 2.24) is 5.32 Å². The van der Waals surface area contributed by atoms with Gasteiger partial charge in [0.15, 0.2) is 0 Å². The highest BCUT2D eigenvalue weighted by Crippen LogP contribution is 2.30. The zero-order chi connectivity index (χ0) is 16.9. The highest BCUT2D eigenvalue weighted by Gasteiger charge is 2.34. The maximum absolute atomic E-state index is 12.4. The molecule has 2 rings (SSSR count). The number of carbonyl (C=O) groups excluding carboxylic acids is 1. The fourth-order valence-corrected chi connectivity index (χ4v) is 3.57. The molecule has 4 nitrogen and oxygen atoms in total. The summed E-state index contributed by atoms with van der Waals surface area (Å²) < 4.78 is 0. The summed E-state index contributed by atoms with van der Waals surface area (Å²) in [6.07, 6.45) is 4.69. The molecule has 1 saturated carbocycles. The first kappa shape index (κ1) is 18.0. The highest BCUT2D eigenvalue weighted by atomic mass is 16.3. The zero-order valence-corrected chi connectivity index (χ0v) is 14.6. The topological polar surface area (TPSA) is 61.4 Å². The van der Waals surface area contributed by atoms with E-state index in [-0.39, 0.29) is 24.1 Å². The first-order valence-electron chi connectivity index (χ1n) is 8.73. The van der Waals surface area contributed by atoms with Crippen molar-refractivity contribution in [2.75, 3.05) is 11.9 Å². The van der Waals surface area contributed by atoms with Gasteiger partial charge in [-0.25, -0.2) is 0 Å². The highest BCUT2D eigenvalue weighted by molar-refractivity contribution is 5.92. The molecule has 1 unspecified atom stereocenters. The maximum atomic E-state index is 12.4. The SMILES string of the molecule is CC(CC(=O)Nc1ccccc1C(C)C)NC1(CO)CCCC1. The van der Waals surface area contributed by atoms with E-state index in [4.69, 9.17) is 0 Å². The molecule has 1 aromatic rings. The Hall–Kier alpha value is -1.39. The fraction of sp³-hybridized carbons (Fsp3) is 0.632. The second-order valence-electron chi connectivity index (χ2n) is 7.19. The molecule has 23 heavy (non-hydrogen) atoms. The number of aliphatic hydroxyl groups is 1. The number of rotatable bonds is 7. The number of hydrogen-bond acceptors (Lipinski definition) is 3. The van der Waals surface area contributed by atoms with Crippen LogP contribution in [0.5, 0.6) is 0 Å². The van der Waals surface area contributed by atoms with Crippen LogP contribution in [0.2, 0.25) is 0 Å². The van der Waals surface area contributed by atoms with Crippen molar-refractivity contribution in [3.63, 3.8) is 0 Å². The first-order valence-corrected chi connectivity index (χ1v) is 8.73. The van der Waals surface area contributed by atoms with Gasteiger partial charge in [-0.1, -0.05) is 44.9 Å². The Morgan fingerprint density at radius 1 is 1.22 bits per heavy atom. The summed E-state index contributed by atoms with van der Waals surface area (Å²) in [7, 11) is 0. The lowest BCUT2D eigenvalue weighted by Crippen LogP contribution is -2.51. The molecule has 0 aliphatic heterocycles. The minimum Gasteiger partial charge on any atom is -0.394 e. The summed E-state index contributed by atoms with van der Waals surface area (Å²) in [6, 6.07) is 8.01. The number of aliphatic hydroxyl groups excluding tert-OH is 1. The number of benzene rings is 1. The quantitative estimate of drug-likeness (QED) is 0.722. The predicted molar refractivity (Wildman–Crippen MR) is 94.7 cm³/mol. The predicted octanol–water partition coefficient (Wildman–Crippen LogP) is 3.42. The third-order valence-corrected chi connectivity index (χ3v) is 4.76. The molecule has 0 bridgehead atoms. The van der Waals surface area contributed by atoms with Crippen LogP contribution in [-0.4, -0.2) is 29.2 Å². The monoisotopic (exact) mass is 318 g/mol. The second kappa shape index (κ2) is 7.93. The van der Waals surface area contributed by atoms with Crippen LogP contribution in [0.3, 0.4) is 0 Å². The molecule has 3 N–H and O–H groups in total. The summed E-state index contributed by atoms with van der Waals surface area (Å²) in [5, 5.41) is 16.2. The van der Waals surface area contributed by atoms with Crippen LogP contribution < -0.4 is 10.6 Å². The number of anilines is 1. The normalized spacial score (nSPS) is 18.1. The summed E-state index contributed by atoms with van der Waals surface area (Å²) in [5.74, 6) is 0.391. The van der Waals surface area contributed by atoms with E-state index in [1.165, 1.54) is 0 Å². The third-order valence-electron chi connectivity index (χ3n) is 4.76. The fourth-order valence-electron chi connectivity index (χ4n) is 3.57. The number of nitrogens with one attached hydrogen (secondary N) is 2.